The highest BCUT2D eigenvalue weighted by Crippen LogP contribution is 2.29. The molecule has 2 aliphatic rings. The van der Waals surface area contributed by atoms with Gasteiger partial charge in [-0.2, -0.15) is 0 Å². The maximum atomic E-state index is 13.0. The predicted octanol–water partition coefficient (Wildman–Crippen LogP) is 1.04. The third-order valence-electron chi connectivity index (χ3n) is 5.22. The van der Waals surface area contributed by atoms with Crippen LogP contribution < -0.4 is 4.74 Å². The first kappa shape index (κ1) is 16.9. The molecule has 0 aromatic carbocycles. The van der Waals surface area contributed by atoms with Crippen LogP contribution in [0.4, 0.5) is 0 Å². The van der Waals surface area contributed by atoms with Crippen LogP contribution in [0.3, 0.4) is 0 Å². The summed E-state index contributed by atoms with van der Waals surface area (Å²) in [5, 5.41) is 10.4. The van der Waals surface area contributed by atoms with Crippen LogP contribution in [0.5, 0.6) is 5.88 Å². The van der Waals surface area contributed by atoms with Crippen molar-refractivity contribution in [2.24, 2.45) is 5.92 Å². The van der Waals surface area contributed by atoms with E-state index in [4.69, 9.17) is 4.74 Å². The molecule has 1 aliphatic heterocycles. The van der Waals surface area contributed by atoms with Gasteiger partial charge < -0.3 is 14.7 Å². The van der Waals surface area contributed by atoms with E-state index >= 15 is 0 Å². The number of aliphatic hydroxyl groups excluding tert-OH is 1. The van der Waals surface area contributed by atoms with Gasteiger partial charge in [0.25, 0.3) is 5.91 Å². The Labute approximate surface area is 152 Å². The number of carbonyl (C=O) groups is 1. The van der Waals surface area contributed by atoms with Gasteiger partial charge in [0.1, 0.15) is 5.56 Å². The van der Waals surface area contributed by atoms with E-state index in [1.165, 1.54) is 7.11 Å². The third-order valence-corrected chi connectivity index (χ3v) is 5.22. The fourth-order valence-corrected chi connectivity index (χ4v) is 3.86. The Kier molecular flexibility index (Phi) is 4.55. The summed E-state index contributed by atoms with van der Waals surface area (Å²) in [6, 6.07) is 1.92. The van der Waals surface area contributed by atoms with Crippen molar-refractivity contribution in [1.82, 2.24) is 19.9 Å². The van der Waals surface area contributed by atoms with Crippen molar-refractivity contribution in [3.63, 3.8) is 0 Å². The molecule has 0 bridgehead atoms. The summed E-state index contributed by atoms with van der Waals surface area (Å²) in [6.07, 6.45) is 7.93. The topological polar surface area (TPSA) is 88.4 Å². The molecule has 0 unspecified atom stereocenters. The Bertz CT molecular complexity index is 812. The summed E-state index contributed by atoms with van der Waals surface area (Å²) in [5.41, 5.74) is 3.47. The average molecular weight is 354 g/mol. The van der Waals surface area contributed by atoms with E-state index in [-0.39, 0.29) is 11.8 Å². The van der Waals surface area contributed by atoms with E-state index < -0.39 is 6.10 Å². The first-order valence-electron chi connectivity index (χ1n) is 8.94. The number of rotatable bonds is 4. The van der Waals surface area contributed by atoms with E-state index in [1.807, 2.05) is 6.07 Å². The number of aromatic nitrogens is 3. The lowest BCUT2D eigenvalue weighted by Gasteiger charge is -2.18. The van der Waals surface area contributed by atoms with Gasteiger partial charge in [-0.25, -0.2) is 4.98 Å². The van der Waals surface area contributed by atoms with E-state index in [0.29, 0.717) is 31.0 Å². The van der Waals surface area contributed by atoms with Gasteiger partial charge in [-0.15, -0.1) is 0 Å². The molecule has 1 fully saturated rings. The largest absolute Gasteiger partial charge is 0.480 e. The van der Waals surface area contributed by atoms with Crippen LogP contribution in [0, 0.1) is 5.92 Å². The lowest BCUT2D eigenvalue weighted by atomic mass is 10.0. The minimum Gasteiger partial charge on any atom is -0.480 e. The Morgan fingerprint density at radius 3 is 3.00 bits per heavy atom. The number of aryl methyl sites for hydroxylation is 2. The maximum absolute atomic E-state index is 13.0. The Hall–Kier alpha value is -2.54. The molecule has 26 heavy (non-hydrogen) atoms. The van der Waals surface area contributed by atoms with Gasteiger partial charge in [0.05, 0.1) is 18.9 Å². The van der Waals surface area contributed by atoms with E-state index in [1.54, 1.807) is 23.5 Å². The summed E-state index contributed by atoms with van der Waals surface area (Å²) in [4.78, 5) is 27.6. The van der Waals surface area contributed by atoms with Crippen LogP contribution in [-0.4, -0.2) is 57.2 Å². The Balaban J connectivity index is 1.52. The Morgan fingerprint density at radius 1 is 1.35 bits per heavy atom. The van der Waals surface area contributed by atoms with Gasteiger partial charge >= 0.3 is 0 Å². The highest BCUT2D eigenvalue weighted by molar-refractivity contribution is 5.97. The fourth-order valence-electron chi connectivity index (χ4n) is 3.86. The second kappa shape index (κ2) is 6.99. The summed E-state index contributed by atoms with van der Waals surface area (Å²) in [6.45, 7) is 0.792. The Morgan fingerprint density at radius 2 is 2.23 bits per heavy atom. The SMILES string of the molecule is COc1nc2c(cc1C(=O)N1C[C@@H](Cc3cnccn3)[C@H](O)C1)CCC2. The molecule has 136 valence electrons. The molecule has 2 atom stereocenters. The van der Waals surface area contributed by atoms with Crippen molar-refractivity contribution in [1.29, 1.82) is 0 Å². The number of ether oxygens (including phenoxy) is 1. The molecular weight excluding hydrogens is 332 g/mol. The monoisotopic (exact) mass is 354 g/mol. The molecule has 0 spiro atoms. The van der Waals surface area contributed by atoms with Gasteiger partial charge in [-0.05, 0) is 37.3 Å². The van der Waals surface area contributed by atoms with Gasteiger partial charge in [0.15, 0.2) is 0 Å². The molecule has 0 radical (unpaired) electrons. The number of likely N-dealkylation sites (tertiary alicyclic amines) is 1. The second-order valence-electron chi connectivity index (χ2n) is 6.94. The second-order valence-corrected chi connectivity index (χ2v) is 6.94. The molecule has 0 saturated carbocycles. The number of aliphatic hydroxyl groups is 1. The molecule has 1 saturated heterocycles. The number of β-amino-alcohol motifs (C(OH)–C–C–N with tert-alkyl or cyclic N) is 1. The first-order valence-corrected chi connectivity index (χ1v) is 8.94. The first-order chi connectivity index (χ1) is 12.7. The third kappa shape index (κ3) is 3.14. The fraction of sp³-hybridized carbons (Fsp3) is 0.474. The molecule has 7 nitrogen and oxygen atoms in total. The molecule has 3 heterocycles. The number of hydrogen-bond acceptors (Lipinski definition) is 6. The van der Waals surface area contributed by atoms with Crippen molar-refractivity contribution in [3.8, 4) is 5.88 Å². The van der Waals surface area contributed by atoms with E-state index in [2.05, 4.69) is 15.0 Å². The zero-order valence-corrected chi connectivity index (χ0v) is 14.8. The molecular formula is C19H22N4O3. The lowest BCUT2D eigenvalue weighted by Crippen LogP contribution is -2.30. The van der Waals surface area contributed by atoms with E-state index in [0.717, 1.165) is 36.2 Å². The number of hydrogen-bond donors (Lipinski definition) is 1. The van der Waals surface area contributed by atoms with Crippen molar-refractivity contribution < 1.29 is 14.6 Å². The maximum Gasteiger partial charge on any atom is 0.259 e. The van der Waals surface area contributed by atoms with Crippen LogP contribution in [-0.2, 0) is 19.3 Å². The molecule has 2 aromatic heterocycles. The average Bonchev–Trinajstić information content (AvgIpc) is 3.27. The number of carbonyl (C=O) groups excluding carboxylic acids is 1. The number of nitrogens with zero attached hydrogens (tertiary/aromatic N) is 4. The standard InChI is InChI=1S/C19H22N4O3/c1-26-18-15(8-12-3-2-4-16(12)22-18)19(25)23-10-13(17(24)11-23)7-14-9-20-5-6-21-14/h5-6,8-9,13,17,24H,2-4,7,10-11H2,1H3/t13-,17-/m1/s1. The van der Waals surface area contributed by atoms with Crippen molar-refractivity contribution in [2.75, 3.05) is 20.2 Å². The number of pyridine rings is 1. The van der Waals surface area contributed by atoms with Crippen LogP contribution >= 0.6 is 0 Å². The summed E-state index contributed by atoms with van der Waals surface area (Å²) in [7, 11) is 1.54. The van der Waals surface area contributed by atoms with E-state index in [9.17, 15) is 9.90 Å². The number of amides is 1. The van der Waals surface area contributed by atoms with Crippen molar-refractivity contribution in [3.05, 3.63) is 47.2 Å². The van der Waals surface area contributed by atoms with Crippen LogP contribution in [0.1, 0.15) is 33.7 Å². The summed E-state index contributed by atoms with van der Waals surface area (Å²) >= 11 is 0. The van der Waals surface area contributed by atoms with Gasteiger partial charge in [-0.1, -0.05) is 0 Å². The zero-order valence-electron chi connectivity index (χ0n) is 14.8. The van der Waals surface area contributed by atoms with Gasteiger partial charge in [0, 0.05) is 43.3 Å². The van der Waals surface area contributed by atoms with Gasteiger partial charge in [0.2, 0.25) is 5.88 Å². The normalized spacial score (nSPS) is 21.7. The molecule has 1 N–H and O–H groups in total. The molecule has 4 rings (SSSR count). The summed E-state index contributed by atoms with van der Waals surface area (Å²) in [5.74, 6) is 0.191. The minimum atomic E-state index is -0.575. The molecule has 1 aliphatic carbocycles. The quantitative estimate of drug-likeness (QED) is 0.883. The number of fused-ring (bicyclic) bond motifs is 1. The smallest absolute Gasteiger partial charge is 0.259 e. The van der Waals surface area contributed by atoms with Crippen LogP contribution in [0.2, 0.25) is 0 Å². The van der Waals surface area contributed by atoms with Crippen molar-refractivity contribution in [2.45, 2.75) is 31.8 Å². The van der Waals surface area contributed by atoms with Gasteiger partial charge in [-0.3, -0.25) is 14.8 Å². The highest BCUT2D eigenvalue weighted by atomic mass is 16.5. The predicted molar refractivity (Wildman–Crippen MR) is 94.0 cm³/mol. The molecule has 2 aromatic rings. The zero-order chi connectivity index (χ0) is 18.1. The number of methoxy groups -OCH3 is 1. The minimum absolute atomic E-state index is 0.0518. The molecule has 7 heteroatoms. The molecule has 1 amide bonds. The highest BCUT2D eigenvalue weighted by Gasteiger charge is 2.36. The lowest BCUT2D eigenvalue weighted by molar-refractivity contribution is 0.0760. The van der Waals surface area contributed by atoms with Crippen LogP contribution in [0.25, 0.3) is 0 Å². The summed E-state index contributed by atoms with van der Waals surface area (Å²) < 4.78 is 5.36. The van der Waals surface area contributed by atoms with Crippen molar-refractivity contribution >= 4 is 5.91 Å². The van der Waals surface area contributed by atoms with Crippen LogP contribution in [0.15, 0.2) is 24.7 Å².